The van der Waals surface area contributed by atoms with E-state index in [1.54, 1.807) is 24.5 Å². The SMILES string of the molecule is CN(C)[C@H](CNC(=O)COc1ccc(Cl)cc1Cl)c1ccco1. The largest absolute Gasteiger partial charge is 0.482 e. The first-order chi connectivity index (χ1) is 11.0. The Bertz CT molecular complexity index is 645. The van der Waals surface area contributed by atoms with Crippen molar-refractivity contribution in [1.29, 1.82) is 0 Å². The highest BCUT2D eigenvalue weighted by Gasteiger charge is 2.18. The molecule has 0 radical (unpaired) electrons. The Morgan fingerprint density at radius 1 is 1.35 bits per heavy atom. The molecule has 1 atom stereocenters. The van der Waals surface area contributed by atoms with Crippen LogP contribution in [-0.2, 0) is 4.79 Å². The van der Waals surface area contributed by atoms with Gasteiger partial charge in [-0.2, -0.15) is 0 Å². The van der Waals surface area contributed by atoms with E-state index in [0.29, 0.717) is 22.3 Å². The molecule has 1 N–H and O–H groups in total. The van der Waals surface area contributed by atoms with Gasteiger partial charge in [0, 0.05) is 11.6 Å². The summed E-state index contributed by atoms with van der Waals surface area (Å²) < 4.78 is 10.8. The third-order valence-corrected chi connectivity index (χ3v) is 3.77. The van der Waals surface area contributed by atoms with E-state index >= 15 is 0 Å². The zero-order valence-corrected chi connectivity index (χ0v) is 14.4. The number of hydrogen-bond donors (Lipinski definition) is 1. The first kappa shape index (κ1) is 17.7. The first-order valence-electron chi connectivity index (χ1n) is 7.01. The molecule has 0 unspecified atom stereocenters. The molecule has 0 saturated heterocycles. The van der Waals surface area contributed by atoms with Gasteiger partial charge in [-0.3, -0.25) is 9.69 Å². The molecule has 0 aliphatic rings. The van der Waals surface area contributed by atoms with E-state index in [4.69, 9.17) is 32.4 Å². The molecule has 1 heterocycles. The molecule has 1 aromatic carbocycles. The second kappa shape index (κ2) is 8.24. The fraction of sp³-hybridized carbons (Fsp3) is 0.312. The van der Waals surface area contributed by atoms with Crippen molar-refractivity contribution >= 4 is 29.1 Å². The quantitative estimate of drug-likeness (QED) is 0.825. The Hall–Kier alpha value is -1.69. The van der Waals surface area contributed by atoms with Gasteiger partial charge in [0.25, 0.3) is 5.91 Å². The van der Waals surface area contributed by atoms with Crippen LogP contribution in [0.2, 0.25) is 10.0 Å². The van der Waals surface area contributed by atoms with Crippen LogP contribution in [0.4, 0.5) is 0 Å². The second-order valence-corrected chi connectivity index (χ2v) is 6.01. The summed E-state index contributed by atoms with van der Waals surface area (Å²) in [6.07, 6.45) is 1.61. The zero-order chi connectivity index (χ0) is 16.8. The predicted octanol–water partition coefficient (Wildman–Crippen LogP) is 3.38. The average Bonchev–Trinajstić information content (AvgIpc) is 3.00. The van der Waals surface area contributed by atoms with Gasteiger partial charge >= 0.3 is 0 Å². The molecule has 0 fully saturated rings. The lowest BCUT2D eigenvalue weighted by Gasteiger charge is -2.22. The normalized spacial score (nSPS) is 12.2. The molecular formula is C16H18Cl2N2O3. The predicted molar refractivity (Wildman–Crippen MR) is 90.1 cm³/mol. The highest BCUT2D eigenvalue weighted by molar-refractivity contribution is 6.35. The lowest BCUT2D eigenvalue weighted by Crippen LogP contribution is -2.36. The Morgan fingerprint density at radius 2 is 2.13 bits per heavy atom. The maximum atomic E-state index is 11.9. The zero-order valence-electron chi connectivity index (χ0n) is 12.9. The Morgan fingerprint density at radius 3 is 2.74 bits per heavy atom. The lowest BCUT2D eigenvalue weighted by molar-refractivity contribution is -0.123. The fourth-order valence-electron chi connectivity index (χ4n) is 2.02. The van der Waals surface area contributed by atoms with Gasteiger partial charge in [-0.05, 0) is 44.4 Å². The molecule has 1 aromatic heterocycles. The average molecular weight is 357 g/mol. The molecule has 7 heteroatoms. The fourth-order valence-corrected chi connectivity index (χ4v) is 2.48. The number of ether oxygens (including phenoxy) is 1. The Kier molecular flexibility index (Phi) is 6.33. The summed E-state index contributed by atoms with van der Waals surface area (Å²) in [5.41, 5.74) is 0. The van der Waals surface area contributed by atoms with Crippen molar-refractivity contribution in [2.24, 2.45) is 0 Å². The van der Waals surface area contributed by atoms with E-state index in [2.05, 4.69) is 5.32 Å². The molecule has 2 aromatic rings. The Labute approximate surface area is 145 Å². The number of hydrogen-bond acceptors (Lipinski definition) is 4. The molecule has 124 valence electrons. The summed E-state index contributed by atoms with van der Waals surface area (Å²) in [4.78, 5) is 13.9. The van der Waals surface area contributed by atoms with Crippen LogP contribution in [-0.4, -0.2) is 38.1 Å². The third kappa shape index (κ3) is 5.16. The van der Waals surface area contributed by atoms with Crippen LogP contribution in [0.25, 0.3) is 0 Å². The van der Waals surface area contributed by atoms with Crippen molar-refractivity contribution in [3.63, 3.8) is 0 Å². The molecule has 0 aliphatic carbocycles. The van der Waals surface area contributed by atoms with Crippen LogP contribution in [0.1, 0.15) is 11.8 Å². The number of nitrogens with one attached hydrogen (secondary N) is 1. The first-order valence-corrected chi connectivity index (χ1v) is 7.77. The lowest BCUT2D eigenvalue weighted by atomic mass is 10.2. The molecule has 0 aliphatic heterocycles. The summed E-state index contributed by atoms with van der Waals surface area (Å²) in [6.45, 7) is 0.288. The van der Waals surface area contributed by atoms with Crippen LogP contribution >= 0.6 is 23.2 Å². The third-order valence-electron chi connectivity index (χ3n) is 3.24. The molecule has 2 rings (SSSR count). The van der Waals surface area contributed by atoms with Gasteiger partial charge in [0.1, 0.15) is 11.5 Å². The number of rotatable bonds is 7. The minimum absolute atomic E-state index is 0.0481. The molecule has 1 amide bonds. The molecule has 0 saturated carbocycles. The standard InChI is InChI=1S/C16H18Cl2N2O3/c1-20(2)13(15-4-3-7-22-15)9-19-16(21)10-23-14-6-5-11(17)8-12(14)18/h3-8,13H,9-10H2,1-2H3,(H,19,21)/t13-/m1/s1. The van der Waals surface area contributed by atoms with Gasteiger partial charge in [0.05, 0.1) is 17.3 Å². The summed E-state index contributed by atoms with van der Waals surface area (Å²) in [5.74, 6) is 0.966. The van der Waals surface area contributed by atoms with Crippen molar-refractivity contribution in [2.75, 3.05) is 27.2 Å². The summed E-state index contributed by atoms with van der Waals surface area (Å²) in [7, 11) is 3.84. The van der Waals surface area contributed by atoms with E-state index in [9.17, 15) is 4.79 Å². The van der Waals surface area contributed by atoms with E-state index in [0.717, 1.165) is 5.76 Å². The number of amides is 1. The maximum Gasteiger partial charge on any atom is 0.258 e. The van der Waals surface area contributed by atoms with Crippen LogP contribution in [0.15, 0.2) is 41.0 Å². The number of halogens is 2. The van der Waals surface area contributed by atoms with Crippen LogP contribution in [0.5, 0.6) is 5.75 Å². The number of likely N-dealkylation sites (N-methyl/N-ethyl adjacent to an activating group) is 1. The van der Waals surface area contributed by atoms with Crippen molar-refractivity contribution in [1.82, 2.24) is 10.2 Å². The minimum atomic E-state index is -0.241. The van der Waals surface area contributed by atoms with Crippen molar-refractivity contribution in [3.05, 3.63) is 52.4 Å². The maximum absolute atomic E-state index is 11.9. The van der Waals surface area contributed by atoms with Crippen molar-refractivity contribution in [3.8, 4) is 5.75 Å². The topological polar surface area (TPSA) is 54.7 Å². The van der Waals surface area contributed by atoms with Crippen molar-refractivity contribution < 1.29 is 13.9 Å². The smallest absolute Gasteiger partial charge is 0.258 e. The number of nitrogens with zero attached hydrogens (tertiary/aromatic N) is 1. The van der Waals surface area contributed by atoms with Gasteiger partial charge < -0.3 is 14.5 Å². The van der Waals surface area contributed by atoms with Crippen molar-refractivity contribution in [2.45, 2.75) is 6.04 Å². The summed E-state index contributed by atoms with van der Waals surface area (Å²) in [5, 5.41) is 3.70. The van der Waals surface area contributed by atoms with Crippen LogP contribution < -0.4 is 10.1 Å². The monoisotopic (exact) mass is 356 g/mol. The summed E-state index contributed by atoms with van der Waals surface area (Å²) in [6, 6.07) is 8.49. The number of benzene rings is 1. The molecule has 23 heavy (non-hydrogen) atoms. The highest BCUT2D eigenvalue weighted by Crippen LogP contribution is 2.27. The number of carbonyl (C=O) groups excluding carboxylic acids is 1. The van der Waals surface area contributed by atoms with E-state index in [1.165, 1.54) is 0 Å². The van der Waals surface area contributed by atoms with E-state index in [-0.39, 0.29) is 18.6 Å². The molecule has 5 nitrogen and oxygen atoms in total. The second-order valence-electron chi connectivity index (χ2n) is 5.16. The van der Waals surface area contributed by atoms with Crippen LogP contribution in [0.3, 0.4) is 0 Å². The molecule has 0 bridgehead atoms. The summed E-state index contributed by atoms with van der Waals surface area (Å²) >= 11 is 11.8. The molecular weight excluding hydrogens is 339 g/mol. The highest BCUT2D eigenvalue weighted by atomic mass is 35.5. The Balaban J connectivity index is 1.84. The number of furan rings is 1. The minimum Gasteiger partial charge on any atom is -0.482 e. The van der Waals surface area contributed by atoms with E-state index in [1.807, 2.05) is 31.1 Å². The van der Waals surface area contributed by atoms with Gasteiger partial charge in [-0.15, -0.1) is 0 Å². The van der Waals surface area contributed by atoms with E-state index < -0.39 is 0 Å². The van der Waals surface area contributed by atoms with Gasteiger partial charge in [-0.1, -0.05) is 23.2 Å². The number of carbonyl (C=O) groups is 1. The van der Waals surface area contributed by atoms with Gasteiger partial charge in [0.2, 0.25) is 0 Å². The van der Waals surface area contributed by atoms with Gasteiger partial charge in [-0.25, -0.2) is 0 Å². The molecule has 0 spiro atoms. The van der Waals surface area contributed by atoms with Crippen LogP contribution in [0, 0.1) is 0 Å². The van der Waals surface area contributed by atoms with Gasteiger partial charge in [0.15, 0.2) is 6.61 Å².